The first kappa shape index (κ1) is 8.22. The van der Waals surface area contributed by atoms with Gasteiger partial charge in [0.1, 0.15) is 0 Å². The molecule has 70 valence electrons. The number of hydrogen-bond acceptors (Lipinski definition) is 4. The van der Waals surface area contributed by atoms with Crippen molar-refractivity contribution in [3.05, 3.63) is 5.82 Å². The van der Waals surface area contributed by atoms with Gasteiger partial charge in [0.25, 0.3) is 0 Å². The fourth-order valence-corrected chi connectivity index (χ4v) is 1.56. The normalized spacial score (nSPS) is 16.7. The van der Waals surface area contributed by atoms with E-state index >= 15 is 0 Å². The molecule has 1 aromatic rings. The Morgan fingerprint density at radius 1 is 1.54 bits per heavy atom. The second-order valence-electron chi connectivity index (χ2n) is 3.20. The zero-order valence-electron chi connectivity index (χ0n) is 7.53. The first-order valence-electron chi connectivity index (χ1n) is 4.44. The van der Waals surface area contributed by atoms with Crippen LogP contribution in [0.4, 0.5) is 5.95 Å². The van der Waals surface area contributed by atoms with Crippen LogP contribution in [0, 0.1) is 0 Å². The molecular weight excluding hydrogens is 168 g/mol. The van der Waals surface area contributed by atoms with E-state index in [0.29, 0.717) is 17.8 Å². The summed E-state index contributed by atoms with van der Waals surface area (Å²) in [7, 11) is 1.79. The Hall–Kier alpha value is -1.39. The Balaban J connectivity index is 2.36. The van der Waals surface area contributed by atoms with Crippen molar-refractivity contribution in [3.8, 4) is 0 Å². The third-order valence-corrected chi connectivity index (χ3v) is 2.49. The lowest BCUT2D eigenvalue weighted by Gasteiger charge is -2.28. The van der Waals surface area contributed by atoms with Gasteiger partial charge in [-0.25, -0.2) is 0 Å². The number of aldehydes is 1. The fourth-order valence-electron chi connectivity index (χ4n) is 1.56. The summed E-state index contributed by atoms with van der Waals surface area (Å²) in [6, 6.07) is 0.414. The SMILES string of the molecule is CNc1nnc(C=O)n1C1CCC1. The van der Waals surface area contributed by atoms with E-state index in [-0.39, 0.29) is 0 Å². The number of carbonyl (C=O) groups excluding carboxylic acids is 1. The van der Waals surface area contributed by atoms with Crippen molar-refractivity contribution in [1.82, 2.24) is 14.8 Å². The molecule has 1 N–H and O–H groups in total. The molecule has 1 aromatic heterocycles. The predicted octanol–water partition coefficient (Wildman–Crippen LogP) is 0.857. The van der Waals surface area contributed by atoms with E-state index in [1.165, 1.54) is 6.42 Å². The summed E-state index contributed by atoms with van der Waals surface area (Å²) < 4.78 is 1.89. The number of rotatable bonds is 3. The molecule has 0 atom stereocenters. The Labute approximate surface area is 76.2 Å². The monoisotopic (exact) mass is 180 g/mol. The summed E-state index contributed by atoms with van der Waals surface area (Å²) in [5.41, 5.74) is 0. The molecule has 5 nitrogen and oxygen atoms in total. The fraction of sp³-hybridized carbons (Fsp3) is 0.625. The van der Waals surface area contributed by atoms with Crippen molar-refractivity contribution < 1.29 is 4.79 Å². The van der Waals surface area contributed by atoms with Crippen LogP contribution in [0.1, 0.15) is 35.9 Å². The molecular formula is C8H12N4O. The minimum Gasteiger partial charge on any atom is -0.357 e. The zero-order chi connectivity index (χ0) is 9.26. The number of anilines is 1. The molecule has 0 saturated heterocycles. The minimum absolute atomic E-state index is 0.414. The van der Waals surface area contributed by atoms with Crippen molar-refractivity contribution in [2.24, 2.45) is 0 Å². The van der Waals surface area contributed by atoms with Crippen LogP contribution < -0.4 is 5.32 Å². The van der Waals surface area contributed by atoms with E-state index in [4.69, 9.17) is 0 Å². The molecule has 0 amide bonds. The average Bonchev–Trinajstić information content (AvgIpc) is 2.45. The van der Waals surface area contributed by atoms with Gasteiger partial charge in [-0.1, -0.05) is 0 Å². The topological polar surface area (TPSA) is 59.8 Å². The van der Waals surface area contributed by atoms with E-state index in [9.17, 15) is 4.79 Å². The van der Waals surface area contributed by atoms with Crippen LogP contribution in [0.3, 0.4) is 0 Å². The minimum atomic E-state index is 0.414. The van der Waals surface area contributed by atoms with Crippen molar-refractivity contribution in [3.63, 3.8) is 0 Å². The molecule has 2 rings (SSSR count). The van der Waals surface area contributed by atoms with Gasteiger partial charge in [0.15, 0.2) is 12.1 Å². The molecule has 1 heterocycles. The number of nitrogens with zero attached hydrogens (tertiary/aromatic N) is 3. The molecule has 0 aromatic carbocycles. The van der Waals surface area contributed by atoms with Crippen LogP contribution in [0.2, 0.25) is 0 Å². The highest BCUT2D eigenvalue weighted by molar-refractivity contribution is 5.70. The quantitative estimate of drug-likeness (QED) is 0.701. The molecule has 1 aliphatic rings. The van der Waals surface area contributed by atoms with Crippen LogP contribution in [0.5, 0.6) is 0 Å². The number of aromatic nitrogens is 3. The third kappa shape index (κ3) is 1.20. The van der Waals surface area contributed by atoms with Gasteiger partial charge in [-0.05, 0) is 19.3 Å². The Bertz CT molecular complexity index is 316. The first-order valence-corrected chi connectivity index (χ1v) is 4.44. The molecule has 13 heavy (non-hydrogen) atoms. The van der Waals surface area contributed by atoms with E-state index in [1.54, 1.807) is 7.05 Å². The highest BCUT2D eigenvalue weighted by Gasteiger charge is 2.24. The molecule has 0 spiro atoms. The summed E-state index contributed by atoms with van der Waals surface area (Å²) in [6.45, 7) is 0. The Morgan fingerprint density at radius 2 is 2.31 bits per heavy atom. The van der Waals surface area contributed by atoms with Crippen LogP contribution in [0.25, 0.3) is 0 Å². The van der Waals surface area contributed by atoms with Crippen LogP contribution in [-0.2, 0) is 0 Å². The average molecular weight is 180 g/mol. The van der Waals surface area contributed by atoms with Crippen LogP contribution >= 0.6 is 0 Å². The van der Waals surface area contributed by atoms with Crippen LogP contribution in [0.15, 0.2) is 0 Å². The lowest BCUT2D eigenvalue weighted by molar-refractivity contribution is 0.110. The molecule has 0 unspecified atom stereocenters. The molecule has 0 radical (unpaired) electrons. The van der Waals surface area contributed by atoms with Crippen LogP contribution in [-0.4, -0.2) is 28.1 Å². The number of nitrogens with one attached hydrogen (secondary N) is 1. The third-order valence-electron chi connectivity index (χ3n) is 2.49. The Kier molecular flexibility index (Phi) is 2.00. The van der Waals surface area contributed by atoms with Gasteiger partial charge in [-0.2, -0.15) is 0 Å². The summed E-state index contributed by atoms with van der Waals surface area (Å²) in [5, 5.41) is 10.6. The lowest BCUT2D eigenvalue weighted by atomic mass is 9.93. The van der Waals surface area contributed by atoms with Gasteiger partial charge >= 0.3 is 0 Å². The van der Waals surface area contributed by atoms with E-state index < -0.39 is 0 Å². The lowest BCUT2D eigenvalue weighted by Crippen LogP contribution is -2.20. The number of hydrogen-bond donors (Lipinski definition) is 1. The second-order valence-corrected chi connectivity index (χ2v) is 3.20. The maximum absolute atomic E-state index is 10.6. The molecule has 5 heteroatoms. The van der Waals surface area contributed by atoms with Gasteiger partial charge in [0, 0.05) is 13.1 Å². The van der Waals surface area contributed by atoms with Gasteiger partial charge in [-0.3, -0.25) is 9.36 Å². The van der Waals surface area contributed by atoms with Crippen molar-refractivity contribution >= 4 is 12.2 Å². The predicted molar refractivity (Wildman–Crippen MR) is 47.8 cm³/mol. The smallest absolute Gasteiger partial charge is 0.224 e. The zero-order valence-corrected chi connectivity index (χ0v) is 7.53. The summed E-state index contributed by atoms with van der Waals surface area (Å²) >= 11 is 0. The highest BCUT2D eigenvalue weighted by Crippen LogP contribution is 2.33. The summed E-state index contributed by atoms with van der Waals surface area (Å²) in [5.74, 6) is 1.11. The van der Waals surface area contributed by atoms with Gasteiger partial charge < -0.3 is 5.32 Å². The maximum Gasteiger partial charge on any atom is 0.224 e. The van der Waals surface area contributed by atoms with Gasteiger partial charge in [-0.15, -0.1) is 10.2 Å². The second kappa shape index (κ2) is 3.16. The van der Waals surface area contributed by atoms with Crippen molar-refractivity contribution in [1.29, 1.82) is 0 Å². The standard InChI is InChI=1S/C8H12N4O/c1-9-8-11-10-7(5-13)12(8)6-3-2-4-6/h5-6H,2-4H2,1H3,(H,9,11). The van der Waals surface area contributed by atoms with E-state index in [1.807, 2.05) is 4.57 Å². The molecule has 0 bridgehead atoms. The first-order chi connectivity index (χ1) is 6.36. The van der Waals surface area contributed by atoms with Gasteiger partial charge in [0.2, 0.25) is 5.95 Å². The van der Waals surface area contributed by atoms with E-state index in [2.05, 4.69) is 15.5 Å². The summed E-state index contributed by atoms with van der Waals surface area (Å²) in [4.78, 5) is 10.6. The maximum atomic E-state index is 10.6. The molecule has 0 aliphatic heterocycles. The summed E-state index contributed by atoms with van der Waals surface area (Å²) in [6.07, 6.45) is 4.22. The van der Waals surface area contributed by atoms with Crippen molar-refractivity contribution in [2.45, 2.75) is 25.3 Å². The van der Waals surface area contributed by atoms with E-state index in [0.717, 1.165) is 19.1 Å². The number of carbonyl (C=O) groups is 1. The molecule has 1 fully saturated rings. The largest absolute Gasteiger partial charge is 0.357 e. The molecule has 1 aliphatic carbocycles. The highest BCUT2D eigenvalue weighted by atomic mass is 16.1. The van der Waals surface area contributed by atoms with Crippen molar-refractivity contribution in [2.75, 3.05) is 12.4 Å². The Morgan fingerprint density at radius 3 is 2.77 bits per heavy atom. The molecule has 1 saturated carbocycles. The van der Waals surface area contributed by atoms with Gasteiger partial charge in [0.05, 0.1) is 0 Å².